The Hall–Kier alpha value is 0.430. The van der Waals surface area contributed by atoms with Crippen molar-refractivity contribution in [3.63, 3.8) is 0 Å². The third-order valence-electron chi connectivity index (χ3n) is 12.3. The van der Waals surface area contributed by atoms with E-state index >= 15 is 0 Å². The van der Waals surface area contributed by atoms with Crippen LogP contribution in [0, 0.1) is 0 Å². The fourth-order valence-electron chi connectivity index (χ4n) is 8.48. The smallest absolute Gasteiger partial charge is 0.0287 e. The van der Waals surface area contributed by atoms with E-state index in [0.29, 0.717) is 0 Å². The molecule has 1 heteroatoms. The van der Waals surface area contributed by atoms with Crippen LogP contribution in [0.1, 0.15) is 322 Å². The van der Waals surface area contributed by atoms with Crippen LogP contribution in [-0.2, 0) is 0 Å². The first kappa shape index (κ1) is 53.4. The summed E-state index contributed by atoms with van der Waals surface area (Å²) in [5.74, 6) is 0. The summed E-state index contributed by atoms with van der Waals surface area (Å²) in [5, 5.41) is 0. The van der Waals surface area contributed by atoms with Crippen LogP contribution in [-0.4, -0.2) is 12.3 Å². The maximum Gasteiger partial charge on any atom is -0.0287 e. The molecule has 53 heavy (non-hydrogen) atoms. The van der Waals surface area contributed by atoms with Gasteiger partial charge in [0.25, 0.3) is 0 Å². The van der Waals surface area contributed by atoms with Crippen LogP contribution in [0.25, 0.3) is 0 Å². The first-order valence-corrected chi connectivity index (χ1v) is 27.3. The Balaban J connectivity index is 3.05. The first-order chi connectivity index (χ1) is 26.4. The lowest BCUT2D eigenvalue weighted by molar-refractivity contribution is 0.517. The minimum absolute atomic E-state index is 1.37. The second-order valence-corrected chi connectivity index (χ2v) is 19.3. The molecule has 0 heterocycles. The van der Waals surface area contributed by atoms with Gasteiger partial charge in [-0.05, 0) is 25.2 Å². The van der Waals surface area contributed by atoms with E-state index in [1.807, 2.05) is 0 Å². The van der Waals surface area contributed by atoms with Crippen LogP contribution in [0.15, 0.2) is 0 Å². The molecule has 0 bridgehead atoms. The zero-order chi connectivity index (χ0) is 38.1. The van der Waals surface area contributed by atoms with Crippen molar-refractivity contribution in [3.8, 4) is 0 Å². The van der Waals surface area contributed by atoms with Crippen LogP contribution in [0.3, 0.4) is 0 Å². The molecule has 0 fully saturated rings. The molecule has 0 aliphatic rings. The molecule has 0 nitrogen and oxygen atoms in total. The van der Waals surface area contributed by atoms with E-state index in [9.17, 15) is 0 Å². The Morgan fingerprint density at radius 3 is 0.396 bits per heavy atom. The highest BCUT2D eigenvalue weighted by atomic mass is 31.1. The topological polar surface area (TPSA) is 0 Å². The number of rotatable bonds is 50. The molecule has 1 radical (unpaired) electrons. The van der Waals surface area contributed by atoms with Gasteiger partial charge in [0.1, 0.15) is 0 Å². The quantitative estimate of drug-likeness (QED) is 0.0428. The molecular formula is C52H106P. The van der Waals surface area contributed by atoms with Gasteiger partial charge in [0.05, 0.1) is 0 Å². The predicted octanol–water partition coefficient (Wildman–Crippen LogP) is 20.7. The Kier molecular flexibility index (Phi) is 52.9. The summed E-state index contributed by atoms with van der Waals surface area (Å²) in [6.45, 7) is 4.63. The molecule has 0 saturated heterocycles. The molecule has 319 valence electrons. The third kappa shape index (κ3) is 52.4. The Morgan fingerprint density at radius 2 is 0.264 bits per heavy atom. The molecule has 0 aromatic carbocycles. The highest BCUT2D eigenvalue weighted by Crippen LogP contribution is 2.20. The van der Waals surface area contributed by atoms with Gasteiger partial charge in [-0.15, -0.1) is 0 Å². The standard InChI is InChI=1S/C52H106P/c1-3-5-7-9-11-13-15-17-19-21-23-25-27-29-31-33-35-37-39-41-43-45-47-49-51-53-52-50-48-46-44-42-40-38-36-34-32-30-28-26-24-22-20-18-16-14-12-10-8-6-4-2/h3-52H2,1-2H3. The second-order valence-electron chi connectivity index (χ2n) is 17.9. The molecule has 0 aromatic rings. The summed E-state index contributed by atoms with van der Waals surface area (Å²) >= 11 is 0. The lowest BCUT2D eigenvalue weighted by Gasteiger charge is -2.05. The highest BCUT2D eigenvalue weighted by molar-refractivity contribution is 7.37. The van der Waals surface area contributed by atoms with Crippen molar-refractivity contribution in [2.75, 3.05) is 12.3 Å². The van der Waals surface area contributed by atoms with E-state index in [-0.39, 0.29) is 0 Å². The van der Waals surface area contributed by atoms with Crippen molar-refractivity contribution in [1.82, 2.24) is 0 Å². The lowest BCUT2D eigenvalue weighted by atomic mass is 10.0. The summed E-state index contributed by atoms with van der Waals surface area (Å²) in [6.07, 6.45) is 74.2. The molecule has 0 rings (SSSR count). The first-order valence-electron chi connectivity index (χ1n) is 26.0. The van der Waals surface area contributed by atoms with Gasteiger partial charge in [0, 0.05) is 0 Å². The van der Waals surface area contributed by atoms with Gasteiger partial charge in [-0.25, -0.2) is 0 Å². The minimum Gasteiger partial charge on any atom is -0.0810 e. The Bertz CT molecular complexity index is 536. The van der Waals surface area contributed by atoms with Gasteiger partial charge in [-0.1, -0.05) is 318 Å². The van der Waals surface area contributed by atoms with E-state index in [0.717, 1.165) is 0 Å². The van der Waals surface area contributed by atoms with E-state index in [2.05, 4.69) is 13.8 Å². The van der Waals surface area contributed by atoms with Crippen molar-refractivity contribution < 1.29 is 0 Å². The average molecular weight is 762 g/mol. The summed E-state index contributed by atoms with van der Waals surface area (Å²) in [5.41, 5.74) is 0. The largest absolute Gasteiger partial charge is 0.0810 e. The number of hydrogen-bond donors (Lipinski definition) is 0. The molecule has 0 spiro atoms. The normalized spacial score (nSPS) is 11.7. The minimum atomic E-state index is 1.37. The van der Waals surface area contributed by atoms with E-state index in [4.69, 9.17) is 0 Å². The van der Waals surface area contributed by atoms with Crippen molar-refractivity contribution in [1.29, 1.82) is 0 Å². The highest BCUT2D eigenvalue weighted by Gasteiger charge is 1.99. The summed E-state index contributed by atoms with van der Waals surface area (Å²) in [7, 11) is 1.74. The summed E-state index contributed by atoms with van der Waals surface area (Å²) < 4.78 is 0. The second kappa shape index (κ2) is 52.4. The number of unbranched alkanes of at least 4 members (excludes halogenated alkanes) is 46. The van der Waals surface area contributed by atoms with Gasteiger partial charge >= 0.3 is 0 Å². The molecular weight excluding hydrogens is 656 g/mol. The maximum atomic E-state index is 2.31. The van der Waals surface area contributed by atoms with E-state index in [1.165, 1.54) is 321 Å². The fraction of sp³-hybridized carbons (Fsp3) is 1.00. The number of hydrogen-bond acceptors (Lipinski definition) is 0. The van der Waals surface area contributed by atoms with Crippen LogP contribution < -0.4 is 0 Å². The Morgan fingerprint density at radius 1 is 0.151 bits per heavy atom. The lowest BCUT2D eigenvalue weighted by Crippen LogP contribution is -1.86. The van der Waals surface area contributed by atoms with Crippen molar-refractivity contribution in [3.05, 3.63) is 0 Å². The summed E-state index contributed by atoms with van der Waals surface area (Å²) in [4.78, 5) is 0. The molecule has 0 aliphatic heterocycles. The van der Waals surface area contributed by atoms with Gasteiger partial charge in [0.15, 0.2) is 0 Å². The fourth-order valence-corrected chi connectivity index (χ4v) is 9.60. The molecule has 0 unspecified atom stereocenters. The van der Waals surface area contributed by atoms with E-state index in [1.54, 1.807) is 8.58 Å². The molecule has 0 N–H and O–H groups in total. The van der Waals surface area contributed by atoms with Crippen LogP contribution >= 0.6 is 8.58 Å². The van der Waals surface area contributed by atoms with Crippen LogP contribution in [0.5, 0.6) is 0 Å². The van der Waals surface area contributed by atoms with Gasteiger partial charge in [-0.2, -0.15) is 0 Å². The predicted molar refractivity (Wildman–Crippen MR) is 250 cm³/mol. The molecule has 0 amide bonds. The molecule has 0 aliphatic carbocycles. The van der Waals surface area contributed by atoms with Gasteiger partial charge < -0.3 is 0 Å². The molecule has 0 aromatic heterocycles. The SMILES string of the molecule is CCCCCCCCCCCCCCCCCCCCCCCCCC[P]CCCCCCCCCCCCCCCCCCCCCCCCCC. The van der Waals surface area contributed by atoms with Crippen molar-refractivity contribution in [2.24, 2.45) is 0 Å². The maximum absolute atomic E-state index is 2.31. The zero-order valence-corrected chi connectivity index (χ0v) is 38.7. The van der Waals surface area contributed by atoms with Crippen molar-refractivity contribution >= 4 is 8.58 Å². The van der Waals surface area contributed by atoms with E-state index < -0.39 is 0 Å². The van der Waals surface area contributed by atoms with Crippen LogP contribution in [0.4, 0.5) is 0 Å². The average Bonchev–Trinajstić information content (AvgIpc) is 3.17. The summed E-state index contributed by atoms with van der Waals surface area (Å²) in [6, 6.07) is 0. The zero-order valence-electron chi connectivity index (χ0n) is 37.8. The van der Waals surface area contributed by atoms with Gasteiger partial charge in [0.2, 0.25) is 0 Å². The van der Waals surface area contributed by atoms with Crippen molar-refractivity contribution in [2.45, 2.75) is 322 Å². The van der Waals surface area contributed by atoms with Crippen LogP contribution in [0.2, 0.25) is 0 Å². The van der Waals surface area contributed by atoms with Gasteiger partial charge in [-0.3, -0.25) is 0 Å². The third-order valence-corrected chi connectivity index (χ3v) is 13.6. The molecule has 0 atom stereocenters. The molecule has 0 saturated carbocycles. The monoisotopic (exact) mass is 762 g/mol. The Labute approximate surface area is 341 Å².